The third-order valence-electron chi connectivity index (χ3n) is 4.22. The molecule has 1 aliphatic rings. The molecule has 25 heavy (non-hydrogen) atoms. The number of fused-ring (bicyclic) bond motifs is 2. The summed E-state index contributed by atoms with van der Waals surface area (Å²) in [5, 5.41) is 7.00. The zero-order valence-corrected chi connectivity index (χ0v) is 14.3. The Morgan fingerprint density at radius 1 is 1.28 bits per heavy atom. The molecule has 1 atom stereocenters. The van der Waals surface area contributed by atoms with Crippen LogP contribution in [0, 0.1) is 6.92 Å². The topological polar surface area (TPSA) is 105 Å². The molecule has 2 aromatic heterocycles. The molecule has 0 spiro atoms. The third kappa shape index (κ3) is 2.52. The molecule has 0 aliphatic carbocycles. The van der Waals surface area contributed by atoms with E-state index in [1.807, 2.05) is 24.3 Å². The third-order valence-corrected chi connectivity index (χ3v) is 4.81. The van der Waals surface area contributed by atoms with E-state index in [0.717, 1.165) is 17.5 Å². The zero-order valence-electron chi connectivity index (χ0n) is 13.5. The highest BCUT2D eigenvalue weighted by Crippen LogP contribution is 2.39. The summed E-state index contributed by atoms with van der Waals surface area (Å²) in [7, 11) is -3.43. The van der Waals surface area contributed by atoms with Crippen LogP contribution in [0.5, 0.6) is 0 Å². The van der Waals surface area contributed by atoms with Crippen LogP contribution in [0.15, 0.2) is 36.8 Å². The minimum absolute atomic E-state index is 0.167. The van der Waals surface area contributed by atoms with Crippen molar-refractivity contribution in [2.75, 3.05) is 16.3 Å². The van der Waals surface area contributed by atoms with E-state index in [1.165, 1.54) is 6.33 Å². The highest BCUT2D eigenvalue weighted by atomic mass is 32.2. The van der Waals surface area contributed by atoms with Gasteiger partial charge in [0.15, 0.2) is 0 Å². The minimum Gasteiger partial charge on any atom is -0.325 e. The second kappa shape index (κ2) is 5.28. The number of nitrogens with zero attached hydrogens (tertiary/aromatic N) is 3. The molecule has 2 N–H and O–H groups in total. The summed E-state index contributed by atoms with van der Waals surface area (Å²) >= 11 is 0. The molecule has 128 valence electrons. The first kappa shape index (κ1) is 15.6. The van der Waals surface area contributed by atoms with E-state index in [0.29, 0.717) is 22.5 Å². The van der Waals surface area contributed by atoms with E-state index in [-0.39, 0.29) is 5.91 Å². The molecule has 1 amide bonds. The Morgan fingerprint density at radius 2 is 2.04 bits per heavy atom. The normalized spacial score (nSPS) is 16.7. The highest BCUT2D eigenvalue weighted by Gasteiger charge is 2.35. The number of hydrogen-bond acceptors (Lipinski definition) is 5. The Bertz CT molecular complexity index is 1120. The van der Waals surface area contributed by atoms with Gasteiger partial charge in [0.25, 0.3) is 0 Å². The molecule has 3 heterocycles. The average Bonchev–Trinajstić information content (AvgIpc) is 3.03. The highest BCUT2D eigenvalue weighted by molar-refractivity contribution is 7.92. The summed E-state index contributed by atoms with van der Waals surface area (Å²) < 4.78 is 27.1. The van der Waals surface area contributed by atoms with Crippen LogP contribution >= 0.6 is 0 Å². The van der Waals surface area contributed by atoms with Crippen molar-refractivity contribution in [1.82, 2.24) is 14.6 Å². The lowest BCUT2D eigenvalue weighted by Crippen LogP contribution is -2.16. The smallest absolute Gasteiger partial charge is 0.238 e. The van der Waals surface area contributed by atoms with Gasteiger partial charge in [-0.3, -0.25) is 9.52 Å². The first-order valence-corrected chi connectivity index (χ1v) is 9.45. The number of benzene rings is 1. The number of nitrogens with one attached hydrogen (secondary N) is 2. The maximum Gasteiger partial charge on any atom is 0.238 e. The van der Waals surface area contributed by atoms with Crippen LogP contribution in [0.25, 0.3) is 5.52 Å². The fourth-order valence-corrected chi connectivity index (χ4v) is 3.79. The van der Waals surface area contributed by atoms with Crippen molar-refractivity contribution in [1.29, 1.82) is 0 Å². The molecule has 0 fully saturated rings. The van der Waals surface area contributed by atoms with Gasteiger partial charge in [0.05, 0.1) is 29.4 Å². The fourth-order valence-electron chi connectivity index (χ4n) is 3.18. The Morgan fingerprint density at radius 3 is 2.80 bits per heavy atom. The first-order valence-electron chi connectivity index (χ1n) is 7.55. The first-order chi connectivity index (χ1) is 11.8. The number of sulfonamides is 1. The lowest BCUT2D eigenvalue weighted by molar-refractivity contribution is -0.116. The molecular formula is C16H15N5O3S. The number of aromatic nitrogens is 3. The average molecular weight is 357 g/mol. The molecule has 0 bridgehead atoms. The van der Waals surface area contributed by atoms with Gasteiger partial charge in [-0.25, -0.2) is 17.9 Å². The van der Waals surface area contributed by atoms with Gasteiger partial charge in [-0.15, -0.1) is 0 Å². The Balaban J connectivity index is 1.93. The van der Waals surface area contributed by atoms with Crippen molar-refractivity contribution in [3.63, 3.8) is 0 Å². The van der Waals surface area contributed by atoms with Crippen LogP contribution in [0.1, 0.15) is 22.7 Å². The molecule has 4 rings (SSSR count). The number of amides is 1. The SMILES string of the molecule is Cc1c(NS(C)(=O)=O)cn2ncnc(C3C(=O)Nc4ccccc43)c12. The van der Waals surface area contributed by atoms with Crippen LogP contribution in [-0.4, -0.2) is 35.2 Å². The maximum atomic E-state index is 12.5. The molecule has 1 aromatic carbocycles. The number of carbonyl (C=O) groups excluding carboxylic acids is 1. The van der Waals surface area contributed by atoms with Crippen LogP contribution in [0.2, 0.25) is 0 Å². The van der Waals surface area contributed by atoms with Crippen molar-refractivity contribution < 1.29 is 13.2 Å². The molecular weight excluding hydrogens is 342 g/mol. The molecule has 1 unspecified atom stereocenters. The molecule has 0 radical (unpaired) electrons. The number of aryl methyl sites for hydroxylation is 1. The summed E-state index contributed by atoms with van der Waals surface area (Å²) in [6.45, 7) is 1.77. The van der Waals surface area contributed by atoms with E-state index in [9.17, 15) is 13.2 Å². The summed E-state index contributed by atoms with van der Waals surface area (Å²) in [4.78, 5) is 16.9. The quantitative estimate of drug-likeness (QED) is 0.739. The minimum atomic E-state index is -3.43. The van der Waals surface area contributed by atoms with Crippen LogP contribution < -0.4 is 10.0 Å². The van der Waals surface area contributed by atoms with Crippen LogP contribution in [0.4, 0.5) is 11.4 Å². The number of hydrogen-bond donors (Lipinski definition) is 2. The summed E-state index contributed by atoms with van der Waals surface area (Å²) in [6.07, 6.45) is 4.03. The van der Waals surface area contributed by atoms with Crippen molar-refractivity contribution in [3.8, 4) is 0 Å². The number of rotatable bonds is 3. The summed E-state index contributed by atoms with van der Waals surface area (Å²) in [5.41, 5.74) is 3.83. The van der Waals surface area contributed by atoms with E-state index >= 15 is 0 Å². The van der Waals surface area contributed by atoms with Gasteiger partial charge in [0.2, 0.25) is 15.9 Å². The van der Waals surface area contributed by atoms with E-state index in [1.54, 1.807) is 17.6 Å². The predicted octanol–water partition coefficient (Wildman–Crippen LogP) is 1.49. The van der Waals surface area contributed by atoms with Gasteiger partial charge in [-0.05, 0) is 18.6 Å². The van der Waals surface area contributed by atoms with Gasteiger partial charge < -0.3 is 5.32 Å². The van der Waals surface area contributed by atoms with Crippen LogP contribution in [0.3, 0.4) is 0 Å². The van der Waals surface area contributed by atoms with E-state index in [4.69, 9.17) is 0 Å². The second-order valence-electron chi connectivity index (χ2n) is 5.99. The number of anilines is 2. The lowest BCUT2D eigenvalue weighted by Gasteiger charge is -2.10. The molecule has 8 nitrogen and oxygen atoms in total. The molecule has 9 heteroatoms. The molecule has 3 aromatic rings. The standard InChI is InChI=1S/C16H15N5O3S/c1-9-12(20-25(2,23)24)7-21-15(9)14(17-8-18-21)13-10-5-3-4-6-11(10)19-16(13)22/h3-8,13,20H,1-2H3,(H,19,22). The van der Waals surface area contributed by atoms with Gasteiger partial charge >= 0.3 is 0 Å². The van der Waals surface area contributed by atoms with Crippen molar-refractivity contribution in [2.24, 2.45) is 0 Å². The van der Waals surface area contributed by atoms with E-state index < -0.39 is 15.9 Å². The number of para-hydroxylation sites is 1. The summed E-state index contributed by atoms with van der Waals surface area (Å²) in [5.74, 6) is -0.735. The van der Waals surface area contributed by atoms with Gasteiger partial charge in [0.1, 0.15) is 12.2 Å². The van der Waals surface area contributed by atoms with E-state index in [2.05, 4.69) is 20.1 Å². The Labute approximate surface area is 143 Å². The van der Waals surface area contributed by atoms with Gasteiger partial charge in [-0.2, -0.15) is 5.10 Å². The Hall–Kier alpha value is -2.94. The van der Waals surface area contributed by atoms with Gasteiger partial charge in [-0.1, -0.05) is 18.2 Å². The largest absolute Gasteiger partial charge is 0.325 e. The van der Waals surface area contributed by atoms with Crippen molar-refractivity contribution in [2.45, 2.75) is 12.8 Å². The monoisotopic (exact) mass is 357 g/mol. The van der Waals surface area contributed by atoms with Crippen molar-refractivity contribution in [3.05, 3.63) is 53.6 Å². The lowest BCUT2D eigenvalue weighted by atomic mass is 9.95. The Kier molecular flexibility index (Phi) is 3.29. The zero-order chi connectivity index (χ0) is 17.8. The molecule has 0 saturated heterocycles. The van der Waals surface area contributed by atoms with Crippen molar-refractivity contribution >= 4 is 32.8 Å². The second-order valence-corrected chi connectivity index (χ2v) is 7.74. The fraction of sp³-hybridized carbons (Fsp3) is 0.188. The molecule has 1 aliphatic heterocycles. The predicted molar refractivity (Wildman–Crippen MR) is 93.1 cm³/mol. The van der Waals surface area contributed by atoms with Crippen LogP contribution in [-0.2, 0) is 14.8 Å². The molecule has 0 saturated carbocycles. The van der Waals surface area contributed by atoms with Gasteiger partial charge in [0, 0.05) is 11.3 Å². The maximum absolute atomic E-state index is 12.5. The summed E-state index contributed by atoms with van der Waals surface area (Å²) in [6, 6.07) is 7.44. The number of carbonyl (C=O) groups is 1.